The molecule has 0 spiro atoms. The van der Waals surface area contributed by atoms with E-state index in [9.17, 15) is 9.50 Å². The van der Waals surface area contributed by atoms with Crippen molar-refractivity contribution < 1.29 is 9.50 Å². The highest BCUT2D eigenvalue weighted by molar-refractivity contribution is 6.31. The van der Waals surface area contributed by atoms with Gasteiger partial charge in [0.25, 0.3) is 0 Å². The molecule has 2 aromatic carbocycles. The number of phenols is 1. The maximum atomic E-state index is 13.5. The molecule has 0 heterocycles. The maximum Gasteiger partial charge on any atom is 0.164 e. The van der Waals surface area contributed by atoms with Crippen LogP contribution in [0.25, 0.3) is 0 Å². The molecule has 0 fully saturated rings. The Hall–Kier alpha value is -1.74. The van der Waals surface area contributed by atoms with Gasteiger partial charge in [-0.3, -0.25) is 0 Å². The first-order chi connectivity index (χ1) is 8.18. The van der Waals surface area contributed by atoms with Crippen LogP contribution in [0.3, 0.4) is 0 Å². The lowest BCUT2D eigenvalue weighted by Gasteiger charge is -2.09. The van der Waals surface area contributed by atoms with Gasteiger partial charge in [0.1, 0.15) is 5.75 Å². The standard InChI is InChI=1S/C13H11ClFNO/c14-10-5-3-6-11(13(10)15)16-8-9-4-1-2-7-12(9)17/h1-7,16-17H,8H2. The Morgan fingerprint density at radius 3 is 2.65 bits per heavy atom. The van der Waals surface area contributed by atoms with Crippen LogP contribution in [-0.4, -0.2) is 5.11 Å². The summed E-state index contributed by atoms with van der Waals surface area (Å²) in [6.45, 7) is 0.337. The van der Waals surface area contributed by atoms with E-state index in [1.54, 1.807) is 30.3 Å². The average Bonchev–Trinajstić information content (AvgIpc) is 2.33. The fourth-order valence-electron chi connectivity index (χ4n) is 1.49. The van der Waals surface area contributed by atoms with Crippen molar-refractivity contribution in [3.63, 3.8) is 0 Å². The highest BCUT2D eigenvalue weighted by Crippen LogP contribution is 2.23. The molecule has 0 aromatic heterocycles. The molecule has 2 nitrogen and oxygen atoms in total. The Morgan fingerprint density at radius 1 is 1.12 bits per heavy atom. The zero-order valence-corrected chi connectivity index (χ0v) is 9.71. The summed E-state index contributed by atoms with van der Waals surface area (Å²) in [7, 11) is 0. The van der Waals surface area contributed by atoms with Crippen molar-refractivity contribution in [2.75, 3.05) is 5.32 Å². The summed E-state index contributed by atoms with van der Waals surface area (Å²) < 4.78 is 13.5. The minimum atomic E-state index is -0.482. The molecule has 0 bridgehead atoms. The highest BCUT2D eigenvalue weighted by Gasteiger charge is 2.06. The molecule has 0 aliphatic rings. The minimum Gasteiger partial charge on any atom is -0.508 e. The lowest BCUT2D eigenvalue weighted by atomic mass is 10.2. The minimum absolute atomic E-state index is 0.0762. The molecule has 0 atom stereocenters. The monoisotopic (exact) mass is 251 g/mol. The molecule has 0 amide bonds. The molecule has 88 valence electrons. The van der Waals surface area contributed by atoms with Crippen LogP contribution < -0.4 is 5.32 Å². The number of phenolic OH excluding ortho intramolecular Hbond substituents is 1. The number of aromatic hydroxyl groups is 1. The van der Waals surface area contributed by atoms with E-state index in [0.29, 0.717) is 17.8 Å². The van der Waals surface area contributed by atoms with E-state index in [2.05, 4.69) is 5.32 Å². The Balaban J connectivity index is 2.13. The van der Waals surface area contributed by atoms with E-state index in [1.807, 2.05) is 6.07 Å². The molecule has 0 saturated heterocycles. The van der Waals surface area contributed by atoms with Gasteiger partial charge in [-0.05, 0) is 18.2 Å². The number of halogens is 2. The third-order valence-electron chi connectivity index (χ3n) is 2.41. The van der Waals surface area contributed by atoms with E-state index in [1.165, 1.54) is 6.07 Å². The van der Waals surface area contributed by atoms with Gasteiger partial charge < -0.3 is 10.4 Å². The molecule has 0 aliphatic carbocycles. The van der Waals surface area contributed by atoms with Gasteiger partial charge in [-0.2, -0.15) is 0 Å². The van der Waals surface area contributed by atoms with Gasteiger partial charge >= 0.3 is 0 Å². The predicted octanol–water partition coefficient (Wildman–Crippen LogP) is 3.80. The predicted molar refractivity (Wildman–Crippen MR) is 66.8 cm³/mol. The van der Waals surface area contributed by atoms with Gasteiger partial charge in [0.2, 0.25) is 0 Å². The number of hydrogen-bond donors (Lipinski definition) is 2. The molecule has 0 saturated carbocycles. The molecule has 4 heteroatoms. The van der Waals surface area contributed by atoms with Gasteiger partial charge in [0.05, 0.1) is 10.7 Å². The molecule has 17 heavy (non-hydrogen) atoms. The molecule has 2 aromatic rings. The van der Waals surface area contributed by atoms with Gasteiger partial charge in [0, 0.05) is 12.1 Å². The topological polar surface area (TPSA) is 32.3 Å². The average molecular weight is 252 g/mol. The summed E-state index contributed by atoms with van der Waals surface area (Å²) in [5.41, 5.74) is 1.02. The number of anilines is 1. The summed E-state index contributed by atoms with van der Waals surface area (Å²) in [6, 6.07) is 11.7. The maximum absolute atomic E-state index is 13.5. The Kier molecular flexibility index (Phi) is 3.49. The van der Waals surface area contributed by atoms with E-state index < -0.39 is 5.82 Å². The summed E-state index contributed by atoms with van der Waals surface area (Å²) in [4.78, 5) is 0. The van der Waals surface area contributed by atoms with Crippen molar-refractivity contribution in [3.05, 3.63) is 58.9 Å². The quantitative estimate of drug-likeness (QED) is 0.870. The molecule has 0 radical (unpaired) electrons. The van der Waals surface area contributed by atoms with Crippen LogP contribution in [0.5, 0.6) is 5.75 Å². The summed E-state index contributed by atoms with van der Waals surface area (Å²) in [5, 5.41) is 12.5. The van der Waals surface area contributed by atoms with Crippen molar-refractivity contribution in [2.45, 2.75) is 6.54 Å². The first-order valence-electron chi connectivity index (χ1n) is 5.13. The Bertz CT molecular complexity index is 531. The van der Waals surface area contributed by atoms with Crippen LogP contribution >= 0.6 is 11.6 Å². The second kappa shape index (κ2) is 5.06. The number of benzene rings is 2. The van der Waals surface area contributed by atoms with Crippen molar-refractivity contribution in [1.82, 2.24) is 0 Å². The zero-order valence-electron chi connectivity index (χ0n) is 8.95. The van der Waals surface area contributed by atoms with Crippen molar-refractivity contribution in [1.29, 1.82) is 0 Å². The van der Waals surface area contributed by atoms with E-state index >= 15 is 0 Å². The first kappa shape index (κ1) is 11.7. The van der Waals surface area contributed by atoms with Crippen LogP contribution in [-0.2, 0) is 6.54 Å². The number of nitrogens with one attached hydrogen (secondary N) is 1. The lowest BCUT2D eigenvalue weighted by Crippen LogP contribution is -2.01. The first-order valence-corrected chi connectivity index (χ1v) is 5.51. The fraction of sp³-hybridized carbons (Fsp3) is 0.0769. The third kappa shape index (κ3) is 2.68. The van der Waals surface area contributed by atoms with E-state index in [0.717, 1.165) is 0 Å². The van der Waals surface area contributed by atoms with Crippen LogP contribution in [0.2, 0.25) is 5.02 Å². The zero-order chi connectivity index (χ0) is 12.3. The second-order valence-electron chi connectivity index (χ2n) is 3.58. The van der Waals surface area contributed by atoms with Gasteiger partial charge in [-0.1, -0.05) is 35.9 Å². The van der Waals surface area contributed by atoms with E-state index in [-0.39, 0.29) is 10.8 Å². The van der Waals surface area contributed by atoms with Crippen LogP contribution in [0.1, 0.15) is 5.56 Å². The Morgan fingerprint density at radius 2 is 1.88 bits per heavy atom. The molecule has 2 rings (SSSR count). The summed E-state index contributed by atoms with van der Waals surface area (Å²) in [6.07, 6.45) is 0. The van der Waals surface area contributed by atoms with Crippen molar-refractivity contribution in [3.8, 4) is 5.75 Å². The number of hydrogen-bond acceptors (Lipinski definition) is 2. The van der Waals surface area contributed by atoms with Gasteiger partial charge in [-0.15, -0.1) is 0 Å². The number of rotatable bonds is 3. The van der Waals surface area contributed by atoms with Crippen LogP contribution in [0, 0.1) is 5.82 Å². The largest absolute Gasteiger partial charge is 0.508 e. The second-order valence-corrected chi connectivity index (χ2v) is 3.99. The molecule has 0 unspecified atom stereocenters. The number of para-hydroxylation sites is 1. The van der Waals surface area contributed by atoms with E-state index in [4.69, 9.17) is 11.6 Å². The van der Waals surface area contributed by atoms with Crippen molar-refractivity contribution in [2.24, 2.45) is 0 Å². The third-order valence-corrected chi connectivity index (χ3v) is 2.70. The van der Waals surface area contributed by atoms with Crippen molar-refractivity contribution >= 4 is 17.3 Å². The summed E-state index contributed by atoms with van der Waals surface area (Å²) >= 11 is 5.66. The smallest absolute Gasteiger partial charge is 0.164 e. The summed E-state index contributed by atoms with van der Waals surface area (Å²) in [5.74, 6) is -0.299. The molecule has 0 aliphatic heterocycles. The molecular formula is C13H11ClFNO. The normalized spacial score (nSPS) is 10.2. The lowest BCUT2D eigenvalue weighted by molar-refractivity contribution is 0.469. The molecule has 2 N–H and O–H groups in total. The molecular weight excluding hydrogens is 241 g/mol. The van der Waals surface area contributed by atoms with Gasteiger partial charge in [0.15, 0.2) is 5.82 Å². The van der Waals surface area contributed by atoms with Gasteiger partial charge in [-0.25, -0.2) is 4.39 Å². The van der Waals surface area contributed by atoms with Crippen LogP contribution in [0.4, 0.5) is 10.1 Å². The van der Waals surface area contributed by atoms with Crippen LogP contribution in [0.15, 0.2) is 42.5 Å². The SMILES string of the molecule is Oc1ccccc1CNc1cccc(Cl)c1F. The highest BCUT2D eigenvalue weighted by atomic mass is 35.5. The Labute approximate surface area is 104 Å². The fourth-order valence-corrected chi connectivity index (χ4v) is 1.67.